The minimum atomic E-state index is 0.822. The first-order valence-electron chi connectivity index (χ1n) is 4.23. The number of hydrogen-bond donors (Lipinski definition) is 1. The summed E-state index contributed by atoms with van der Waals surface area (Å²) in [6.45, 7) is 2.04. The van der Waals surface area contributed by atoms with Crippen LogP contribution < -0.4 is 5.32 Å². The fraction of sp³-hybridized carbons (Fsp3) is 0.222. The van der Waals surface area contributed by atoms with Crippen molar-refractivity contribution in [1.29, 1.82) is 0 Å². The van der Waals surface area contributed by atoms with Gasteiger partial charge in [-0.15, -0.1) is 10.2 Å². The highest BCUT2D eigenvalue weighted by Gasteiger charge is 2.07. The van der Waals surface area contributed by atoms with Gasteiger partial charge in [-0.25, -0.2) is 0 Å². The van der Waals surface area contributed by atoms with Crippen LogP contribution in [0, 0.1) is 6.92 Å². The predicted octanol–water partition coefficient (Wildman–Crippen LogP) is 1.95. The van der Waals surface area contributed by atoms with E-state index >= 15 is 0 Å². The lowest BCUT2D eigenvalue weighted by Crippen LogP contribution is -1.85. The molecule has 0 spiro atoms. The molecule has 14 heavy (non-hydrogen) atoms. The second-order valence-corrected chi connectivity index (χ2v) is 3.83. The van der Waals surface area contributed by atoms with Crippen molar-refractivity contribution in [1.82, 2.24) is 15.2 Å². The molecular weight excluding hydrogens is 196 g/mol. The van der Waals surface area contributed by atoms with Crippen molar-refractivity contribution in [3.63, 3.8) is 0 Å². The highest BCUT2D eigenvalue weighted by molar-refractivity contribution is 7.18. The number of nitrogens with one attached hydrogen (secondary N) is 1. The topological polar surface area (TPSA) is 50.7 Å². The molecule has 2 heterocycles. The van der Waals surface area contributed by atoms with E-state index in [4.69, 9.17) is 0 Å². The molecule has 4 nitrogen and oxygen atoms in total. The number of aromatic nitrogens is 3. The van der Waals surface area contributed by atoms with Gasteiger partial charge in [0.2, 0.25) is 5.13 Å². The van der Waals surface area contributed by atoms with Crippen LogP contribution in [0.4, 0.5) is 5.13 Å². The van der Waals surface area contributed by atoms with Crippen molar-refractivity contribution in [3.8, 4) is 10.6 Å². The zero-order valence-electron chi connectivity index (χ0n) is 7.98. The van der Waals surface area contributed by atoms with Gasteiger partial charge in [-0.05, 0) is 18.6 Å². The Morgan fingerprint density at radius 1 is 1.36 bits per heavy atom. The van der Waals surface area contributed by atoms with Crippen LogP contribution in [0.3, 0.4) is 0 Å². The van der Waals surface area contributed by atoms with E-state index in [9.17, 15) is 0 Å². The fourth-order valence-corrected chi connectivity index (χ4v) is 1.89. The van der Waals surface area contributed by atoms with Gasteiger partial charge >= 0.3 is 0 Å². The van der Waals surface area contributed by atoms with Gasteiger partial charge in [-0.3, -0.25) is 4.98 Å². The molecule has 2 rings (SSSR count). The van der Waals surface area contributed by atoms with Crippen LogP contribution in [0.5, 0.6) is 0 Å². The first-order chi connectivity index (χ1) is 6.81. The summed E-state index contributed by atoms with van der Waals surface area (Å²) in [5, 5.41) is 12.8. The zero-order valence-corrected chi connectivity index (χ0v) is 8.80. The van der Waals surface area contributed by atoms with Crippen molar-refractivity contribution in [3.05, 3.63) is 24.0 Å². The molecule has 0 radical (unpaired) electrons. The van der Waals surface area contributed by atoms with E-state index in [0.29, 0.717) is 0 Å². The minimum Gasteiger partial charge on any atom is -0.363 e. The molecule has 0 amide bonds. The molecule has 0 aromatic carbocycles. The third-order valence-electron chi connectivity index (χ3n) is 1.91. The number of pyridine rings is 1. The summed E-state index contributed by atoms with van der Waals surface area (Å²) in [5.41, 5.74) is 2.21. The van der Waals surface area contributed by atoms with Crippen molar-refractivity contribution < 1.29 is 0 Å². The summed E-state index contributed by atoms with van der Waals surface area (Å²) in [4.78, 5) is 4.08. The average molecular weight is 206 g/mol. The predicted molar refractivity (Wildman–Crippen MR) is 57.4 cm³/mol. The van der Waals surface area contributed by atoms with Gasteiger partial charge in [0, 0.05) is 25.0 Å². The summed E-state index contributed by atoms with van der Waals surface area (Å²) in [5.74, 6) is 0. The van der Waals surface area contributed by atoms with E-state index in [-0.39, 0.29) is 0 Å². The number of anilines is 1. The van der Waals surface area contributed by atoms with Crippen molar-refractivity contribution in [2.24, 2.45) is 0 Å². The van der Waals surface area contributed by atoms with E-state index in [1.807, 2.05) is 26.2 Å². The first-order valence-corrected chi connectivity index (χ1v) is 5.05. The second kappa shape index (κ2) is 3.71. The van der Waals surface area contributed by atoms with Gasteiger partial charge in [0.25, 0.3) is 0 Å². The van der Waals surface area contributed by atoms with Crippen LogP contribution in [-0.4, -0.2) is 22.2 Å². The second-order valence-electron chi connectivity index (χ2n) is 2.85. The van der Waals surface area contributed by atoms with Crippen LogP contribution in [0.1, 0.15) is 5.56 Å². The Labute approximate surface area is 86.0 Å². The van der Waals surface area contributed by atoms with Gasteiger partial charge in [0.15, 0.2) is 5.01 Å². The van der Waals surface area contributed by atoms with E-state index in [1.165, 1.54) is 16.9 Å². The van der Waals surface area contributed by atoms with Crippen LogP contribution in [0.25, 0.3) is 10.6 Å². The highest BCUT2D eigenvalue weighted by atomic mass is 32.1. The molecule has 0 atom stereocenters. The zero-order chi connectivity index (χ0) is 9.97. The third-order valence-corrected chi connectivity index (χ3v) is 2.88. The molecule has 0 aliphatic carbocycles. The molecule has 0 aliphatic heterocycles. The maximum absolute atomic E-state index is 4.08. The van der Waals surface area contributed by atoms with E-state index in [2.05, 4.69) is 20.5 Å². The Balaban J connectivity index is 2.44. The molecule has 0 aliphatic rings. The number of aryl methyl sites for hydroxylation is 1. The maximum Gasteiger partial charge on any atom is 0.205 e. The Kier molecular flexibility index (Phi) is 2.41. The van der Waals surface area contributed by atoms with E-state index in [0.717, 1.165) is 15.7 Å². The fourth-order valence-electron chi connectivity index (χ4n) is 1.12. The Bertz CT molecular complexity index is 438. The minimum absolute atomic E-state index is 0.822. The quantitative estimate of drug-likeness (QED) is 0.816. The SMILES string of the molecule is CNc1nnc(-c2cnccc2C)s1. The lowest BCUT2D eigenvalue weighted by Gasteiger charge is -1.97. The van der Waals surface area contributed by atoms with Crippen LogP contribution in [0.15, 0.2) is 18.5 Å². The Morgan fingerprint density at radius 3 is 2.86 bits per heavy atom. The molecule has 2 aromatic heterocycles. The summed E-state index contributed by atoms with van der Waals surface area (Å²) in [7, 11) is 1.83. The molecule has 0 saturated carbocycles. The Hall–Kier alpha value is -1.49. The summed E-state index contributed by atoms with van der Waals surface area (Å²) in [6.07, 6.45) is 3.59. The molecular formula is C9H10N4S. The molecule has 5 heteroatoms. The van der Waals surface area contributed by atoms with Gasteiger partial charge in [-0.1, -0.05) is 11.3 Å². The van der Waals surface area contributed by atoms with E-state index in [1.54, 1.807) is 6.20 Å². The average Bonchev–Trinajstić information content (AvgIpc) is 2.67. The van der Waals surface area contributed by atoms with Gasteiger partial charge in [0.1, 0.15) is 0 Å². The first kappa shape index (κ1) is 9.08. The van der Waals surface area contributed by atoms with Crippen molar-refractivity contribution >= 4 is 16.5 Å². The molecule has 0 fully saturated rings. The monoisotopic (exact) mass is 206 g/mol. The maximum atomic E-state index is 4.08. The van der Waals surface area contributed by atoms with Crippen molar-refractivity contribution in [2.45, 2.75) is 6.92 Å². The van der Waals surface area contributed by atoms with Gasteiger partial charge in [-0.2, -0.15) is 0 Å². The van der Waals surface area contributed by atoms with Crippen LogP contribution >= 0.6 is 11.3 Å². The van der Waals surface area contributed by atoms with Crippen LogP contribution in [0.2, 0.25) is 0 Å². The number of rotatable bonds is 2. The standard InChI is InChI=1S/C9H10N4S/c1-6-3-4-11-5-7(6)8-12-13-9(10-2)14-8/h3-5H,1-2H3,(H,10,13). The lowest BCUT2D eigenvalue weighted by molar-refractivity contribution is 1.09. The highest BCUT2D eigenvalue weighted by Crippen LogP contribution is 2.27. The smallest absolute Gasteiger partial charge is 0.205 e. The summed E-state index contributed by atoms with van der Waals surface area (Å²) >= 11 is 1.53. The summed E-state index contributed by atoms with van der Waals surface area (Å²) in [6, 6.07) is 1.97. The van der Waals surface area contributed by atoms with Gasteiger partial charge in [0.05, 0.1) is 0 Å². The molecule has 2 aromatic rings. The van der Waals surface area contributed by atoms with E-state index < -0.39 is 0 Å². The molecule has 1 N–H and O–H groups in total. The van der Waals surface area contributed by atoms with Gasteiger partial charge < -0.3 is 5.32 Å². The van der Waals surface area contributed by atoms with Crippen LogP contribution in [-0.2, 0) is 0 Å². The number of hydrogen-bond acceptors (Lipinski definition) is 5. The van der Waals surface area contributed by atoms with Crippen molar-refractivity contribution in [2.75, 3.05) is 12.4 Å². The lowest BCUT2D eigenvalue weighted by atomic mass is 10.2. The molecule has 0 saturated heterocycles. The molecule has 72 valence electrons. The molecule has 0 unspecified atom stereocenters. The Morgan fingerprint density at radius 2 is 2.21 bits per heavy atom. The third kappa shape index (κ3) is 1.58. The largest absolute Gasteiger partial charge is 0.363 e. The summed E-state index contributed by atoms with van der Waals surface area (Å²) < 4.78 is 0. The number of nitrogens with zero attached hydrogens (tertiary/aromatic N) is 3. The molecule has 0 bridgehead atoms. The normalized spacial score (nSPS) is 10.1.